The van der Waals surface area contributed by atoms with Gasteiger partial charge in [-0.2, -0.15) is 0 Å². The van der Waals surface area contributed by atoms with Crippen LogP contribution in [-0.2, 0) is 23.9 Å². The van der Waals surface area contributed by atoms with Crippen molar-refractivity contribution in [2.45, 2.75) is 44.8 Å². The Morgan fingerprint density at radius 1 is 1.14 bits per heavy atom. The third-order valence-electron chi connectivity index (χ3n) is 4.30. The molecule has 0 heterocycles. The fourth-order valence-corrected chi connectivity index (χ4v) is 2.79. The molecule has 0 unspecified atom stereocenters. The van der Waals surface area contributed by atoms with Crippen molar-refractivity contribution in [3.8, 4) is 0 Å². The monoisotopic (exact) mass is 410 g/mol. The molecule has 0 fully saturated rings. The number of esters is 2. The molecule has 1 amide bonds. The Morgan fingerprint density at radius 2 is 1.72 bits per heavy atom. The number of methoxy groups -OCH3 is 2. The molecule has 10 heteroatoms. The van der Waals surface area contributed by atoms with Crippen LogP contribution in [0.1, 0.15) is 38.2 Å². The second kappa shape index (κ2) is 11.1. The van der Waals surface area contributed by atoms with E-state index >= 15 is 0 Å². The predicted molar refractivity (Wildman–Crippen MR) is 102 cm³/mol. The van der Waals surface area contributed by atoms with Crippen molar-refractivity contribution in [3.63, 3.8) is 0 Å². The quantitative estimate of drug-likeness (QED) is 0.334. The number of hydrogen-bond donors (Lipinski definition) is 2. The van der Waals surface area contributed by atoms with Crippen molar-refractivity contribution >= 4 is 23.5 Å². The van der Waals surface area contributed by atoms with Crippen LogP contribution in [0.15, 0.2) is 24.3 Å². The molecule has 0 spiro atoms. The number of ether oxygens (including phenoxy) is 2. The van der Waals surface area contributed by atoms with Crippen LogP contribution in [-0.4, -0.2) is 54.2 Å². The maximum Gasteiger partial charge on any atom is 0.329 e. The third kappa shape index (κ3) is 7.15. The van der Waals surface area contributed by atoms with Gasteiger partial charge in [0.2, 0.25) is 5.91 Å². The van der Waals surface area contributed by atoms with Crippen molar-refractivity contribution in [2.24, 2.45) is 5.92 Å². The highest BCUT2D eigenvalue weighted by Gasteiger charge is 2.35. The molecule has 1 rings (SSSR count). The summed E-state index contributed by atoms with van der Waals surface area (Å²) in [7, 11) is 2.30. The Balaban J connectivity index is 3.25. The maximum atomic E-state index is 12.4. The van der Waals surface area contributed by atoms with Crippen LogP contribution in [0.5, 0.6) is 0 Å². The third-order valence-corrected chi connectivity index (χ3v) is 4.30. The van der Waals surface area contributed by atoms with Gasteiger partial charge in [-0.3, -0.25) is 19.7 Å². The molecule has 0 aliphatic rings. The summed E-state index contributed by atoms with van der Waals surface area (Å²) >= 11 is 0. The van der Waals surface area contributed by atoms with Crippen LogP contribution in [0.3, 0.4) is 0 Å². The average molecular weight is 410 g/mol. The molecule has 0 radical (unpaired) electrons. The summed E-state index contributed by atoms with van der Waals surface area (Å²) in [5.41, 5.74) is 0.214. The zero-order valence-corrected chi connectivity index (χ0v) is 16.8. The summed E-state index contributed by atoms with van der Waals surface area (Å²) in [5, 5.41) is 23.3. The van der Waals surface area contributed by atoms with Crippen molar-refractivity contribution in [2.75, 3.05) is 14.2 Å². The molecule has 160 valence electrons. The van der Waals surface area contributed by atoms with E-state index in [2.05, 4.69) is 10.1 Å². The van der Waals surface area contributed by atoms with Crippen LogP contribution >= 0.6 is 0 Å². The van der Waals surface area contributed by atoms with Crippen LogP contribution in [0.2, 0.25) is 0 Å². The highest BCUT2D eigenvalue weighted by atomic mass is 16.6. The van der Waals surface area contributed by atoms with E-state index in [0.29, 0.717) is 5.56 Å². The van der Waals surface area contributed by atoms with Gasteiger partial charge in [-0.1, -0.05) is 26.0 Å². The van der Waals surface area contributed by atoms with E-state index in [1.807, 2.05) is 13.8 Å². The van der Waals surface area contributed by atoms with E-state index in [1.165, 1.54) is 31.4 Å². The first-order valence-corrected chi connectivity index (χ1v) is 8.98. The van der Waals surface area contributed by atoms with Gasteiger partial charge in [0.15, 0.2) is 0 Å². The minimum Gasteiger partial charge on any atom is -0.469 e. The first-order valence-electron chi connectivity index (χ1n) is 8.98. The number of nitrogens with zero attached hydrogens (tertiary/aromatic N) is 1. The van der Waals surface area contributed by atoms with Gasteiger partial charge >= 0.3 is 11.9 Å². The zero-order valence-electron chi connectivity index (χ0n) is 16.8. The Morgan fingerprint density at radius 3 is 2.17 bits per heavy atom. The van der Waals surface area contributed by atoms with Gasteiger partial charge in [-0.25, -0.2) is 4.79 Å². The summed E-state index contributed by atoms with van der Waals surface area (Å²) in [6.45, 7) is 3.65. The van der Waals surface area contributed by atoms with Crippen LogP contribution in [0, 0.1) is 16.0 Å². The lowest BCUT2D eigenvalue weighted by molar-refractivity contribution is -0.384. The molecule has 1 aromatic carbocycles. The van der Waals surface area contributed by atoms with Gasteiger partial charge in [0.25, 0.3) is 5.69 Å². The summed E-state index contributed by atoms with van der Waals surface area (Å²) in [6, 6.07) is 3.92. The van der Waals surface area contributed by atoms with Crippen molar-refractivity contribution in [1.29, 1.82) is 0 Å². The van der Waals surface area contributed by atoms with E-state index in [1.54, 1.807) is 0 Å². The summed E-state index contributed by atoms with van der Waals surface area (Å²) < 4.78 is 9.43. The van der Waals surface area contributed by atoms with Crippen molar-refractivity contribution in [1.82, 2.24) is 5.32 Å². The Labute approximate surface area is 168 Å². The van der Waals surface area contributed by atoms with Gasteiger partial charge in [0.05, 0.1) is 25.6 Å². The van der Waals surface area contributed by atoms with E-state index in [-0.39, 0.29) is 24.4 Å². The van der Waals surface area contributed by atoms with Gasteiger partial charge in [0, 0.05) is 18.1 Å². The number of amides is 1. The van der Waals surface area contributed by atoms with Crippen molar-refractivity contribution < 1.29 is 33.9 Å². The van der Waals surface area contributed by atoms with Gasteiger partial charge in [0.1, 0.15) is 12.1 Å². The van der Waals surface area contributed by atoms with Crippen LogP contribution < -0.4 is 5.32 Å². The molecule has 0 aliphatic heterocycles. The lowest BCUT2D eigenvalue weighted by atomic mass is 9.88. The summed E-state index contributed by atoms with van der Waals surface area (Å²) in [6.07, 6.45) is -1.47. The van der Waals surface area contributed by atoms with Crippen LogP contribution in [0.4, 0.5) is 5.69 Å². The second-order valence-electron chi connectivity index (χ2n) is 6.89. The first kappa shape index (κ1) is 24.0. The molecule has 0 bridgehead atoms. The molecule has 29 heavy (non-hydrogen) atoms. The Kier molecular flexibility index (Phi) is 9.20. The molecule has 10 nitrogen and oxygen atoms in total. The lowest BCUT2D eigenvalue weighted by Gasteiger charge is -2.27. The standard InChI is InChI=1S/C19H26N2O8/c1-11(2)9-15(22)18(24)20-17(19(25)29-4)14(10-16(23)28-3)12-5-7-13(8-6-12)21(26)27/h5-8,11,14-15,17,22H,9-10H2,1-4H3,(H,20,24)/t14-,15-,17+/m0/s1. The number of nitrogens with one attached hydrogen (secondary N) is 1. The maximum absolute atomic E-state index is 12.4. The molecule has 0 aromatic heterocycles. The van der Waals surface area contributed by atoms with Crippen LogP contribution in [0.25, 0.3) is 0 Å². The smallest absolute Gasteiger partial charge is 0.329 e. The van der Waals surface area contributed by atoms with E-state index in [4.69, 9.17) is 4.74 Å². The molecule has 0 saturated heterocycles. The minimum absolute atomic E-state index is 0.0351. The summed E-state index contributed by atoms with van der Waals surface area (Å²) in [5.74, 6) is -3.16. The largest absolute Gasteiger partial charge is 0.469 e. The topological polar surface area (TPSA) is 145 Å². The number of rotatable bonds is 10. The van der Waals surface area contributed by atoms with Gasteiger partial charge in [-0.05, 0) is 17.9 Å². The van der Waals surface area contributed by atoms with E-state index in [0.717, 1.165) is 7.11 Å². The fraction of sp³-hybridized carbons (Fsp3) is 0.526. The minimum atomic E-state index is -1.35. The average Bonchev–Trinajstić information content (AvgIpc) is 2.69. The lowest BCUT2D eigenvalue weighted by Crippen LogP contribution is -2.49. The van der Waals surface area contributed by atoms with Gasteiger partial charge in [-0.15, -0.1) is 0 Å². The Hall–Kier alpha value is -3.01. The fourth-order valence-electron chi connectivity index (χ4n) is 2.79. The van der Waals surface area contributed by atoms with E-state index in [9.17, 15) is 29.6 Å². The number of nitro benzene ring substituents is 1. The van der Waals surface area contributed by atoms with Gasteiger partial charge < -0.3 is 19.9 Å². The van der Waals surface area contributed by atoms with Crippen molar-refractivity contribution in [3.05, 3.63) is 39.9 Å². The molecule has 2 N–H and O–H groups in total. The number of carbonyl (C=O) groups excluding carboxylic acids is 3. The molecule has 0 aliphatic carbocycles. The van der Waals surface area contributed by atoms with E-state index < -0.39 is 40.8 Å². The number of carbonyl (C=O) groups is 3. The highest BCUT2D eigenvalue weighted by molar-refractivity contribution is 5.88. The number of aliphatic hydroxyl groups is 1. The first-order chi connectivity index (χ1) is 13.6. The SMILES string of the molecule is COC(=O)C[C@@H](c1ccc([N+](=O)[O-])cc1)[C@@H](NC(=O)[C@@H](O)CC(C)C)C(=O)OC. The second-order valence-corrected chi connectivity index (χ2v) is 6.89. The number of hydrogen-bond acceptors (Lipinski definition) is 8. The number of aliphatic hydroxyl groups excluding tert-OH is 1. The highest BCUT2D eigenvalue weighted by Crippen LogP contribution is 2.27. The summed E-state index contributed by atoms with van der Waals surface area (Å²) in [4.78, 5) is 46.9. The predicted octanol–water partition coefficient (Wildman–Crippen LogP) is 1.31. The molecule has 3 atom stereocenters. The molecular weight excluding hydrogens is 384 g/mol. The number of benzene rings is 1. The number of non-ortho nitro benzene ring substituents is 1. The molecule has 1 aromatic rings. The Bertz CT molecular complexity index is 732. The molecular formula is C19H26N2O8. The molecule has 0 saturated carbocycles. The number of nitro groups is 1. The normalized spacial score (nSPS) is 13.9. The zero-order chi connectivity index (χ0) is 22.1.